The fraction of sp³-hybridized carbons (Fsp3) is 0.286. The zero-order valence-corrected chi connectivity index (χ0v) is 10.5. The van der Waals surface area contributed by atoms with Crippen molar-refractivity contribution in [2.45, 2.75) is 26.2 Å². The SMILES string of the molecule is CCCCc1cccc(C(N)=O)c1-n1ccnc1. The number of benzene rings is 1. The Bertz CT molecular complexity index is 532. The van der Waals surface area contributed by atoms with Crippen LogP contribution in [0.15, 0.2) is 36.9 Å². The number of aryl methyl sites for hydroxylation is 1. The molecule has 4 heteroatoms. The Morgan fingerprint density at radius 1 is 1.44 bits per heavy atom. The topological polar surface area (TPSA) is 60.9 Å². The molecule has 0 saturated carbocycles. The molecule has 4 nitrogen and oxygen atoms in total. The van der Waals surface area contributed by atoms with Crippen LogP contribution in [0.2, 0.25) is 0 Å². The van der Waals surface area contributed by atoms with E-state index in [2.05, 4.69) is 11.9 Å². The van der Waals surface area contributed by atoms with Crippen molar-refractivity contribution in [1.29, 1.82) is 0 Å². The first kappa shape index (κ1) is 12.4. The maximum Gasteiger partial charge on any atom is 0.250 e. The maximum atomic E-state index is 11.5. The molecule has 0 aliphatic carbocycles. The van der Waals surface area contributed by atoms with E-state index in [0.717, 1.165) is 30.5 Å². The van der Waals surface area contributed by atoms with Crippen LogP contribution in [0.3, 0.4) is 0 Å². The molecular weight excluding hydrogens is 226 g/mol. The van der Waals surface area contributed by atoms with Crippen molar-refractivity contribution < 1.29 is 4.79 Å². The number of carbonyl (C=O) groups is 1. The molecule has 0 fully saturated rings. The summed E-state index contributed by atoms with van der Waals surface area (Å²) in [7, 11) is 0. The van der Waals surface area contributed by atoms with Gasteiger partial charge in [0.1, 0.15) is 0 Å². The molecule has 0 unspecified atom stereocenters. The summed E-state index contributed by atoms with van der Waals surface area (Å²) in [6, 6.07) is 5.68. The minimum Gasteiger partial charge on any atom is -0.366 e. The smallest absolute Gasteiger partial charge is 0.250 e. The number of unbranched alkanes of at least 4 members (excludes halogenated alkanes) is 1. The molecule has 0 spiro atoms. The van der Waals surface area contributed by atoms with E-state index in [1.165, 1.54) is 0 Å². The third-order valence-electron chi connectivity index (χ3n) is 2.95. The minimum absolute atomic E-state index is 0.406. The predicted molar refractivity (Wildman–Crippen MR) is 70.7 cm³/mol. The zero-order valence-electron chi connectivity index (χ0n) is 10.5. The minimum atomic E-state index is -0.406. The molecular formula is C14H17N3O. The van der Waals surface area contributed by atoms with E-state index in [9.17, 15) is 4.79 Å². The summed E-state index contributed by atoms with van der Waals surface area (Å²) in [6.07, 6.45) is 8.36. The number of primary amides is 1. The van der Waals surface area contributed by atoms with Crippen LogP contribution in [0.5, 0.6) is 0 Å². The molecule has 94 valence electrons. The van der Waals surface area contributed by atoms with Crippen LogP contribution in [0.1, 0.15) is 35.7 Å². The summed E-state index contributed by atoms with van der Waals surface area (Å²) in [5, 5.41) is 0. The van der Waals surface area contributed by atoms with Gasteiger partial charge in [-0.05, 0) is 24.5 Å². The Hall–Kier alpha value is -2.10. The van der Waals surface area contributed by atoms with E-state index >= 15 is 0 Å². The molecule has 1 aromatic carbocycles. The third kappa shape index (κ3) is 2.42. The first-order valence-corrected chi connectivity index (χ1v) is 6.14. The molecule has 0 radical (unpaired) electrons. The van der Waals surface area contributed by atoms with Crippen molar-refractivity contribution in [3.05, 3.63) is 48.0 Å². The molecule has 0 saturated heterocycles. The number of aromatic nitrogens is 2. The van der Waals surface area contributed by atoms with Gasteiger partial charge in [0.15, 0.2) is 0 Å². The summed E-state index contributed by atoms with van der Waals surface area (Å²) >= 11 is 0. The highest BCUT2D eigenvalue weighted by Crippen LogP contribution is 2.21. The second-order valence-electron chi connectivity index (χ2n) is 4.25. The summed E-state index contributed by atoms with van der Waals surface area (Å²) in [4.78, 5) is 15.6. The zero-order chi connectivity index (χ0) is 13.0. The number of nitrogens with two attached hydrogens (primary N) is 1. The van der Waals surface area contributed by atoms with Gasteiger partial charge < -0.3 is 10.3 Å². The Morgan fingerprint density at radius 2 is 2.28 bits per heavy atom. The van der Waals surface area contributed by atoms with Crippen LogP contribution < -0.4 is 5.73 Å². The Morgan fingerprint density at radius 3 is 2.89 bits per heavy atom. The summed E-state index contributed by atoms with van der Waals surface area (Å²) < 4.78 is 1.85. The highest BCUT2D eigenvalue weighted by molar-refractivity contribution is 5.97. The van der Waals surface area contributed by atoms with Gasteiger partial charge in [0.2, 0.25) is 0 Å². The van der Waals surface area contributed by atoms with Crippen molar-refractivity contribution in [1.82, 2.24) is 9.55 Å². The summed E-state index contributed by atoms with van der Waals surface area (Å²) in [6.45, 7) is 2.15. The normalized spacial score (nSPS) is 10.5. The number of rotatable bonds is 5. The van der Waals surface area contributed by atoms with E-state index in [0.29, 0.717) is 5.56 Å². The van der Waals surface area contributed by atoms with Crippen molar-refractivity contribution in [3.8, 4) is 5.69 Å². The van der Waals surface area contributed by atoms with Crippen LogP contribution in [-0.2, 0) is 6.42 Å². The number of hydrogen-bond acceptors (Lipinski definition) is 2. The molecule has 2 N–H and O–H groups in total. The second-order valence-corrected chi connectivity index (χ2v) is 4.25. The predicted octanol–water partition coefficient (Wildman–Crippen LogP) is 2.31. The van der Waals surface area contributed by atoms with Gasteiger partial charge in [0.05, 0.1) is 17.6 Å². The number of para-hydroxylation sites is 1. The van der Waals surface area contributed by atoms with Gasteiger partial charge in [0, 0.05) is 12.4 Å². The highest BCUT2D eigenvalue weighted by atomic mass is 16.1. The number of nitrogens with zero attached hydrogens (tertiary/aromatic N) is 2. The molecule has 18 heavy (non-hydrogen) atoms. The van der Waals surface area contributed by atoms with Crippen LogP contribution in [0, 0.1) is 0 Å². The Kier molecular flexibility index (Phi) is 3.77. The fourth-order valence-electron chi connectivity index (χ4n) is 2.06. The summed E-state index contributed by atoms with van der Waals surface area (Å²) in [5.41, 5.74) is 7.98. The van der Waals surface area contributed by atoms with Crippen molar-refractivity contribution in [2.75, 3.05) is 0 Å². The lowest BCUT2D eigenvalue weighted by Crippen LogP contribution is -2.15. The number of hydrogen-bond donors (Lipinski definition) is 1. The maximum absolute atomic E-state index is 11.5. The first-order valence-electron chi connectivity index (χ1n) is 6.14. The molecule has 1 amide bonds. The van der Waals surface area contributed by atoms with Crippen LogP contribution >= 0.6 is 0 Å². The number of amides is 1. The first-order chi connectivity index (χ1) is 8.74. The lowest BCUT2D eigenvalue weighted by molar-refractivity contribution is 0.1000. The number of imidazole rings is 1. The van der Waals surface area contributed by atoms with Gasteiger partial charge in [-0.2, -0.15) is 0 Å². The molecule has 0 aliphatic heterocycles. The van der Waals surface area contributed by atoms with Gasteiger partial charge in [-0.3, -0.25) is 4.79 Å². The standard InChI is InChI=1S/C14H17N3O/c1-2-3-5-11-6-4-7-12(14(15)18)13(11)17-9-8-16-10-17/h4,6-10H,2-3,5H2,1H3,(H2,15,18). The van der Waals surface area contributed by atoms with E-state index in [1.807, 2.05) is 22.9 Å². The summed E-state index contributed by atoms with van der Waals surface area (Å²) in [5.74, 6) is -0.406. The fourth-order valence-corrected chi connectivity index (χ4v) is 2.06. The largest absolute Gasteiger partial charge is 0.366 e. The van der Waals surface area contributed by atoms with Crippen LogP contribution in [-0.4, -0.2) is 15.5 Å². The average molecular weight is 243 g/mol. The van der Waals surface area contributed by atoms with Crippen molar-refractivity contribution in [2.24, 2.45) is 5.73 Å². The molecule has 0 atom stereocenters. The number of carbonyl (C=O) groups excluding carboxylic acids is 1. The van der Waals surface area contributed by atoms with Gasteiger partial charge in [-0.25, -0.2) is 4.98 Å². The van der Waals surface area contributed by atoms with Crippen LogP contribution in [0.25, 0.3) is 5.69 Å². The van der Waals surface area contributed by atoms with Gasteiger partial charge in [-0.15, -0.1) is 0 Å². The third-order valence-corrected chi connectivity index (χ3v) is 2.95. The van der Waals surface area contributed by atoms with Gasteiger partial charge in [0.25, 0.3) is 5.91 Å². The van der Waals surface area contributed by atoms with Crippen molar-refractivity contribution in [3.63, 3.8) is 0 Å². The second kappa shape index (κ2) is 5.49. The molecule has 1 aromatic heterocycles. The lowest BCUT2D eigenvalue weighted by Gasteiger charge is -2.13. The van der Waals surface area contributed by atoms with Gasteiger partial charge >= 0.3 is 0 Å². The average Bonchev–Trinajstić information content (AvgIpc) is 2.89. The molecule has 0 aliphatic rings. The van der Waals surface area contributed by atoms with Gasteiger partial charge in [-0.1, -0.05) is 25.5 Å². The highest BCUT2D eigenvalue weighted by Gasteiger charge is 2.13. The van der Waals surface area contributed by atoms with E-state index in [-0.39, 0.29) is 0 Å². The lowest BCUT2D eigenvalue weighted by atomic mass is 10.0. The van der Waals surface area contributed by atoms with E-state index < -0.39 is 5.91 Å². The monoisotopic (exact) mass is 243 g/mol. The van der Waals surface area contributed by atoms with Crippen molar-refractivity contribution >= 4 is 5.91 Å². The van der Waals surface area contributed by atoms with Crippen LogP contribution in [0.4, 0.5) is 0 Å². The van der Waals surface area contributed by atoms with E-state index in [1.54, 1.807) is 18.6 Å². The quantitative estimate of drug-likeness (QED) is 0.876. The Labute approximate surface area is 106 Å². The molecule has 0 bridgehead atoms. The molecule has 2 aromatic rings. The molecule has 1 heterocycles. The Balaban J connectivity index is 2.53. The molecule has 2 rings (SSSR count). The van der Waals surface area contributed by atoms with E-state index in [4.69, 9.17) is 5.73 Å².